The molecule has 0 amide bonds. The fourth-order valence-corrected chi connectivity index (χ4v) is 3.39. The molecule has 102 valence electrons. The number of fused-ring (bicyclic) bond motifs is 1. The van der Waals surface area contributed by atoms with Crippen molar-refractivity contribution in [2.45, 2.75) is 52.6 Å². The van der Waals surface area contributed by atoms with Crippen LogP contribution < -0.4 is 0 Å². The first-order valence-corrected chi connectivity index (χ1v) is 6.88. The van der Waals surface area contributed by atoms with E-state index in [0.29, 0.717) is 24.5 Å². The van der Waals surface area contributed by atoms with Gasteiger partial charge in [-0.15, -0.1) is 0 Å². The van der Waals surface area contributed by atoms with Crippen LogP contribution in [0.5, 0.6) is 0 Å². The Hall–Kier alpha value is -0.380. The molecule has 0 aromatic rings. The second kappa shape index (κ2) is 3.59. The van der Waals surface area contributed by atoms with Gasteiger partial charge in [-0.2, -0.15) is 0 Å². The molecule has 3 rings (SSSR count). The Morgan fingerprint density at radius 1 is 1.00 bits per heavy atom. The zero-order chi connectivity index (χ0) is 13.2. The highest BCUT2D eigenvalue weighted by Crippen LogP contribution is 2.55. The zero-order valence-electron chi connectivity index (χ0n) is 11.9. The number of hydrogen-bond donors (Lipinski definition) is 0. The van der Waals surface area contributed by atoms with Gasteiger partial charge in [0.05, 0.1) is 19.3 Å². The van der Waals surface area contributed by atoms with Crippen LogP contribution >= 0.6 is 0 Å². The second-order valence-corrected chi connectivity index (χ2v) is 7.66. The lowest BCUT2D eigenvalue weighted by Crippen LogP contribution is -2.48. The summed E-state index contributed by atoms with van der Waals surface area (Å²) in [5, 5.41) is 0. The van der Waals surface area contributed by atoms with E-state index in [9.17, 15) is 0 Å². The van der Waals surface area contributed by atoms with Crippen molar-refractivity contribution in [3.05, 3.63) is 12.2 Å². The highest BCUT2D eigenvalue weighted by Gasteiger charge is 2.59. The van der Waals surface area contributed by atoms with Crippen LogP contribution in [0.3, 0.4) is 0 Å². The van der Waals surface area contributed by atoms with Gasteiger partial charge in [0, 0.05) is 16.9 Å². The molecule has 1 saturated carbocycles. The Morgan fingerprint density at radius 2 is 1.61 bits per heavy atom. The van der Waals surface area contributed by atoms with E-state index in [1.165, 1.54) is 0 Å². The van der Waals surface area contributed by atoms with Crippen LogP contribution in [0.1, 0.15) is 40.5 Å². The molecule has 2 heterocycles. The number of hydrogen-bond acceptors (Lipinski definition) is 3. The van der Waals surface area contributed by atoms with Crippen molar-refractivity contribution in [1.29, 1.82) is 0 Å². The lowest BCUT2D eigenvalue weighted by atomic mass is 9.88. The maximum Gasteiger partial charge on any atom is 0.308 e. The minimum atomic E-state index is -0.943. The quantitative estimate of drug-likeness (QED) is 0.620. The van der Waals surface area contributed by atoms with Crippen LogP contribution in [0.2, 0.25) is 0 Å². The molecular formula is C15H24O3. The summed E-state index contributed by atoms with van der Waals surface area (Å²) in [5.74, 6) is -0.553. The topological polar surface area (TPSA) is 27.7 Å². The average Bonchev–Trinajstić information content (AvgIpc) is 2.66. The molecule has 2 aliphatic heterocycles. The highest BCUT2D eigenvalue weighted by atomic mass is 16.9. The van der Waals surface area contributed by atoms with Gasteiger partial charge in [-0.1, -0.05) is 34.3 Å². The van der Waals surface area contributed by atoms with Crippen LogP contribution in [0.4, 0.5) is 0 Å². The Morgan fingerprint density at radius 3 is 2.17 bits per heavy atom. The van der Waals surface area contributed by atoms with Crippen molar-refractivity contribution < 1.29 is 14.2 Å². The van der Waals surface area contributed by atoms with Crippen LogP contribution in [0.25, 0.3) is 0 Å². The Bertz CT molecular complexity index is 373. The molecule has 2 atom stereocenters. The van der Waals surface area contributed by atoms with Gasteiger partial charge < -0.3 is 14.2 Å². The maximum atomic E-state index is 6.11. The summed E-state index contributed by atoms with van der Waals surface area (Å²) >= 11 is 0. The first-order valence-electron chi connectivity index (χ1n) is 6.88. The van der Waals surface area contributed by atoms with Crippen LogP contribution in [0.15, 0.2) is 12.2 Å². The molecule has 1 aliphatic carbocycles. The van der Waals surface area contributed by atoms with Gasteiger partial charge in [-0.25, -0.2) is 0 Å². The smallest absolute Gasteiger partial charge is 0.308 e. The normalized spacial score (nSPS) is 40.1. The van der Waals surface area contributed by atoms with E-state index >= 15 is 0 Å². The van der Waals surface area contributed by atoms with Crippen molar-refractivity contribution in [3.63, 3.8) is 0 Å². The van der Waals surface area contributed by atoms with Crippen molar-refractivity contribution in [2.75, 3.05) is 13.2 Å². The SMILES string of the molecule is C=C1[C@H]2CC(C)(C)C[C@H]2OC12OCC(C)(C)CO2. The van der Waals surface area contributed by atoms with Crippen LogP contribution in [-0.2, 0) is 14.2 Å². The third-order valence-corrected chi connectivity index (χ3v) is 4.43. The Kier molecular flexibility index (Phi) is 2.52. The number of ether oxygens (including phenoxy) is 3. The molecule has 1 spiro atoms. The third-order valence-electron chi connectivity index (χ3n) is 4.43. The monoisotopic (exact) mass is 252 g/mol. The summed E-state index contributed by atoms with van der Waals surface area (Å²) in [5.41, 5.74) is 1.40. The molecule has 3 nitrogen and oxygen atoms in total. The van der Waals surface area contributed by atoms with Gasteiger partial charge in [-0.3, -0.25) is 0 Å². The summed E-state index contributed by atoms with van der Waals surface area (Å²) in [6.07, 6.45) is 2.40. The molecule has 0 aromatic carbocycles. The van der Waals surface area contributed by atoms with Crippen LogP contribution in [-0.4, -0.2) is 25.3 Å². The van der Waals surface area contributed by atoms with Gasteiger partial charge in [0.25, 0.3) is 0 Å². The summed E-state index contributed by atoms with van der Waals surface area (Å²) in [6.45, 7) is 14.4. The van der Waals surface area contributed by atoms with Gasteiger partial charge in [-0.05, 0) is 18.3 Å². The van der Waals surface area contributed by atoms with E-state index in [4.69, 9.17) is 14.2 Å². The molecule has 0 aromatic heterocycles. The van der Waals surface area contributed by atoms with Gasteiger partial charge in [0.15, 0.2) is 0 Å². The van der Waals surface area contributed by atoms with Crippen LogP contribution in [0, 0.1) is 16.7 Å². The first-order chi connectivity index (χ1) is 8.23. The molecule has 0 bridgehead atoms. The van der Waals surface area contributed by atoms with Gasteiger partial charge in [0.2, 0.25) is 0 Å². The van der Waals surface area contributed by atoms with E-state index < -0.39 is 5.97 Å². The van der Waals surface area contributed by atoms with Gasteiger partial charge in [0.1, 0.15) is 0 Å². The van der Waals surface area contributed by atoms with Gasteiger partial charge >= 0.3 is 5.97 Å². The third kappa shape index (κ3) is 1.84. The first kappa shape index (κ1) is 12.6. The molecule has 0 N–H and O–H groups in total. The van der Waals surface area contributed by atoms with Crippen molar-refractivity contribution >= 4 is 0 Å². The van der Waals surface area contributed by atoms with E-state index in [1.54, 1.807) is 0 Å². The molecular weight excluding hydrogens is 228 g/mol. The van der Waals surface area contributed by atoms with Crippen molar-refractivity contribution in [1.82, 2.24) is 0 Å². The fraction of sp³-hybridized carbons (Fsp3) is 0.867. The minimum Gasteiger partial charge on any atom is -0.323 e. The average molecular weight is 252 g/mol. The Balaban J connectivity index is 1.77. The number of rotatable bonds is 0. The molecule has 0 radical (unpaired) electrons. The molecule has 3 fully saturated rings. The summed E-state index contributed by atoms with van der Waals surface area (Å²) in [7, 11) is 0. The van der Waals surface area contributed by atoms with E-state index in [-0.39, 0.29) is 11.5 Å². The van der Waals surface area contributed by atoms with E-state index in [1.807, 2.05) is 0 Å². The van der Waals surface area contributed by atoms with Crippen molar-refractivity contribution in [3.8, 4) is 0 Å². The summed E-state index contributed by atoms with van der Waals surface area (Å²) < 4.78 is 17.9. The second-order valence-electron chi connectivity index (χ2n) is 7.66. The summed E-state index contributed by atoms with van der Waals surface area (Å²) in [4.78, 5) is 0. The standard InChI is InChI=1S/C15H24O3/c1-10-11-6-13(2,3)7-12(11)18-15(10)16-8-14(4,5)9-17-15/h11-12H,1,6-9H2,2-5H3/t11-,12-/m1/s1. The van der Waals surface area contributed by atoms with E-state index in [0.717, 1.165) is 18.4 Å². The largest absolute Gasteiger partial charge is 0.323 e. The highest BCUT2D eigenvalue weighted by molar-refractivity contribution is 5.21. The fourth-order valence-electron chi connectivity index (χ4n) is 3.39. The maximum absolute atomic E-state index is 6.11. The molecule has 3 aliphatic rings. The summed E-state index contributed by atoms with van der Waals surface area (Å²) in [6, 6.07) is 0. The molecule has 2 saturated heterocycles. The molecule has 3 heteroatoms. The minimum absolute atomic E-state index is 0.0614. The lowest BCUT2D eigenvalue weighted by molar-refractivity contribution is -0.391. The zero-order valence-corrected chi connectivity index (χ0v) is 11.9. The van der Waals surface area contributed by atoms with Crippen molar-refractivity contribution in [2.24, 2.45) is 16.7 Å². The lowest BCUT2D eigenvalue weighted by Gasteiger charge is -2.41. The predicted molar refractivity (Wildman–Crippen MR) is 68.9 cm³/mol. The Labute approximate surface area is 109 Å². The molecule has 18 heavy (non-hydrogen) atoms. The predicted octanol–water partition coefficient (Wildman–Crippen LogP) is 3.10. The van der Waals surface area contributed by atoms with E-state index in [2.05, 4.69) is 34.3 Å². The molecule has 0 unspecified atom stereocenters.